The second-order valence-corrected chi connectivity index (χ2v) is 15.4. The van der Waals surface area contributed by atoms with Crippen LogP contribution in [0, 0.1) is 0 Å². The Labute approximate surface area is 368 Å². The second kappa shape index (κ2) is 47.7. The molecule has 0 aliphatic carbocycles. The van der Waals surface area contributed by atoms with Crippen molar-refractivity contribution in [1.29, 1.82) is 0 Å². The predicted molar refractivity (Wildman–Crippen MR) is 256 cm³/mol. The molecular weight excluding hydrogens is 745 g/mol. The minimum Gasteiger partial charge on any atom is -0.462 e. The highest BCUT2D eigenvalue weighted by molar-refractivity contribution is 5.72. The Hall–Kier alpha value is -3.93. The van der Waals surface area contributed by atoms with Gasteiger partial charge in [-0.2, -0.15) is 0 Å². The first-order chi connectivity index (χ1) is 29.5. The van der Waals surface area contributed by atoms with Crippen LogP contribution in [0.2, 0.25) is 0 Å². The van der Waals surface area contributed by atoms with Crippen LogP contribution in [0.15, 0.2) is 109 Å². The van der Waals surface area contributed by atoms with Crippen molar-refractivity contribution in [3.8, 4) is 0 Å². The zero-order valence-electron chi connectivity index (χ0n) is 38.4. The van der Waals surface area contributed by atoms with Crippen molar-refractivity contribution in [3.63, 3.8) is 0 Å². The molecule has 0 saturated heterocycles. The lowest BCUT2D eigenvalue weighted by Gasteiger charge is -2.18. The van der Waals surface area contributed by atoms with E-state index in [0.29, 0.717) is 12.8 Å². The van der Waals surface area contributed by atoms with E-state index < -0.39 is 12.1 Å². The van der Waals surface area contributed by atoms with Crippen molar-refractivity contribution in [1.82, 2.24) is 0 Å². The molecule has 338 valence electrons. The molecule has 0 N–H and O–H groups in total. The van der Waals surface area contributed by atoms with Gasteiger partial charge in [0, 0.05) is 12.8 Å². The largest absolute Gasteiger partial charge is 0.462 e. The Morgan fingerprint density at radius 2 is 0.817 bits per heavy atom. The molecule has 6 nitrogen and oxygen atoms in total. The van der Waals surface area contributed by atoms with Gasteiger partial charge in [-0.15, -0.1) is 0 Å². The first-order valence-electron chi connectivity index (χ1n) is 24.0. The third-order valence-electron chi connectivity index (χ3n) is 9.62. The van der Waals surface area contributed by atoms with Crippen LogP contribution < -0.4 is 0 Å². The van der Waals surface area contributed by atoms with Gasteiger partial charge in [0.25, 0.3) is 0 Å². The Bertz CT molecular complexity index is 1280. The van der Waals surface area contributed by atoms with E-state index in [-0.39, 0.29) is 31.6 Å². The summed E-state index contributed by atoms with van der Waals surface area (Å²) in [4.78, 5) is 37.7. The molecule has 0 rings (SSSR count). The van der Waals surface area contributed by atoms with Crippen molar-refractivity contribution in [2.45, 2.75) is 200 Å². The van der Waals surface area contributed by atoms with Gasteiger partial charge in [-0.1, -0.05) is 207 Å². The molecule has 0 aliphatic rings. The predicted octanol–water partition coefficient (Wildman–Crippen LogP) is 15.6. The van der Waals surface area contributed by atoms with E-state index in [9.17, 15) is 14.4 Å². The number of esters is 3. The monoisotopic (exact) mass is 831 g/mol. The molecule has 0 bridgehead atoms. The zero-order valence-corrected chi connectivity index (χ0v) is 38.4. The molecular formula is C54H86O6. The summed E-state index contributed by atoms with van der Waals surface area (Å²) < 4.78 is 16.6. The molecule has 0 saturated carbocycles. The molecule has 0 aromatic heterocycles. The van der Waals surface area contributed by atoms with Crippen LogP contribution in [0.5, 0.6) is 0 Å². The normalized spacial score (nSPS) is 13.1. The van der Waals surface area contributed by atoms with Gasteiger partial charge in [0.1, 0.15) is 13.2 Å². The van der Waals surface area contributed by atoms with E-state index in [4.69, 9.17) is 14.2 Å². The Kier molecular flexibility index (Phi) is 44.6. The maximum Gasteiger partial charge on any atom is 0.309 e. The molecule has 6 heteroatoms. The highest BCUT2D eigenvalue weighted by Gasteiger charge is 2.19. The Balaban J connectivity index is 4.48. The van der Waals surface area contributed by atoms with Crippen molar-refractivity contribution in [2.75, 3.05) is 13.2 Å². The van der Waals surface area contributed by atoms with Crippen molar-refractivity contribution in [2.24, 2.45) is 0 Å². The third kappa shape index (κ3) is 45.2. The summed E-state index contributed by atoms with van der Waals surface area (Å²) in [5.74, 6) is -1.09. The quantitative estimate of drug-likeness (QED) is 0.0201. The second-order valence-electron chi connectivity index (χ2n) is 15.4. The van der Waals surface area contributed by atoms with Crippen LogP contribution in [0.3, 0.4) is 0 Å². The van der Waals surface area contributed by atoms with Crippen molar-refractivity contribution < 1.29 is 28.6 Å². The lowest BCUT2D eigenvalue weighted by atomic mass is 10.1. The molecule has 0 aromatic rings. The van der Waals surface area contributed by atoms with Crippen molar-refractivity contribution >= 4 is 17.9 Å². The first kappa shape index (κ1) is 56.1. The minimum atomic E-state index is -0.826. The van der Waals surface area contributed by atoms with Crippen LogP contribution in [-0.2, 0) is 28.6 Å². The van der Waals surface area contributed by atoms with E-state index in [2.05, 4.69) is 81.5 Å². The van der Waals surface area contributed by atoms with Crippen LogP contribution in [0.25, 0.3) is 0 Å². The summed E-state index contributed by atoms with van der Waals surface area (Å²) in [6.45, 7) is 6.27. The zero-order chi connectivity index (χ0) is 43.7. The highest BCUT2D eigenvalue weighted by Crippen LogP contribution is 2.13. The van der Waals surface area contributed by atoms with E-state index in [1.54, 1.807) is 6.08 Å². The van der Waals surface area contributed by atoms with Gasteiger partial charge in [-0.3, -0.25) is 14.4 Å². The van der Waals surface area contributed by atoms with Gasteiger partial charge in [0.05, 0.1) is 6.42 Å². The Morgan fingerprint density at radius 1 is 0.383 bits per heavy atom. The molecule has 0 amide bonds. The average molecular weight is 831 g/mol. The number of allylic oxidation sites excluding steroid dienone is 17. The van der Waals surface area contributed by atoms with Crippen LogP contribution in [-0.4, -0.2) is 37.2 Å². The standard InChI is InChI=1S/C54H86O6/c1-4-7-10-13-16-19-21-23-25-26-27-29-30-32-35-38-41-44-47-53(56)59-50-51(49-58-52(55)46-43-40-37-34-18-15-12-9-6-3)60-54(57)48-45-42-39-36-33-31-28-24-22-20-17-14-11-8-5-2/h9-10,12-13,16,18-23,25-27,29,34,40,43,51H,4-8,11,14-15,17,24,28,30-33,35-39,41-42,44-50H2,1-3H3/b12-9-,13-10-,19-16-,22-20-,23-21-,26-25-,29-27-,34-18-,43-40-. The molecule has 1 atom stereocenters. The number of rotatable bonds is 41. The lowest BCUT2D eigenvalue weighted by Crippen LogP contribution is -2.30. The van der Waals surface area contributed by atoms with Crippen LogP contribution in [0.1, 0.15) is 194 Å². The fourth-order valence-electron chi connectivity index (χ4n) is 6.06. The van der Waals surface area contributed by atoms with Crippen molar-refractivity contribution in [3.05, 3.63) is 109 Å². The smallest absolute Gasteiger partial charge is 0.309 e. The van der Waals surface area contributed by atoms with Gasteiger partial charge in [-0.05, 0) is 77.0 Å². The summed E-state index contributed by atoms with van der Waals surface area (Å²) in [6, 6.07) is 0. The van der Waals surface area contributed by atoms with E-state index >= 15 is 0 Å². The third-order valence-corrected chi connectivity index (χ3v) is 9.62. The van der Waals surface area contributed by atoms with E-state index in [0.717, 1.165) is 83.5 Å². The van der Waals surface area contributed by atoms with Gasteiger partial charge in [0.15, 0.2) is 6.10 Å². The van der Waals surface area contributed by atoms with Gasteiger partial charge in [-0.25, -0.2) is 0 Å². The first-order valence-corrected chi connectivity index (χ1v) is 24.0. The molecule has 0 radical (unpaired) electrons. The number of ether oxygens (including phenoxy) is 3. The summed E-state index contributed by atoms with van der Waals surface area (Å²) in [6.07, 6.45) is 63.8. The number of hydrogen-bond acceptors (Lipinski definition) is 6. The maximum absolute atomic E-state index is 12.7. The molecule has 0 spiro atoms. The van der Waals surface area contributed by atoms with Crippen LogP contribution in [0.4, 0.5) is 0 Å². The van der Waals surface area contributed by atoms with Gasteiger partial charge < -0.3 is 14.2 Å². The van der Waals surface area contributed by atoms with Gasteiger partial charge in [0.2, 0.25) is 0 Å². The SMILES string of the molecule is CC/C=C\C/C=C\C/C=C\CC(=O)OCC(COC(=O)CCCCCCC\C=C/C=C\C=C/C=C\C=C/CCC)OC(=O)CCCCCCCCC/C=C\CCCCCC. The minimum absolute atomic E-state index is 0.122. The maximum atomic E-state index is 12.7. The average Bonchev–Trinajstić information content (AvgIpc) is 3.24. The molecule has 60 heavy (non-hydrogen) atoms. The van der Waals surface area contributed by atoms with Gasteiger partial charge >= 0.3 is 17.9 Å². The highest BCUT2D eigenvalue weighted by atomic mass is 16.6. The molecule has 0 aliphatic heterocycles. The topological polar surface area (TPSA) is 78.9 Å². The number of carbonyl (C=O) groups excluding carboxylic acids is 3. The fourth-order valence-corrected chi connectivity index (χ4v) is 6.06. The molecule has 1 unspecified atom stereocenters. The Morgan fingerprint density at radius 3 is 1.37 bits per heavy atom. The number of unbranched alkanes of at least 4 members (excludes halogenated alkanes) is 17. The lowest BCUT2D eigenvalue weighted by molar-refractivity contribution is -0.166. The molecule has 0 fully saturated rings. The summed E-state index contributed by atoms with van der Waals surface area (Å²) >= 11 is 0. The summed E-state index contributed by atoms with van der Waals surface area (Å²) in [5.41, 5.74) is 0. The summed E-state index contributed by atoms with van der Waals surface area (Å²) in [7, 11) is 0. The fraction of sp³-hybridized carbons (Fsp3) is 0.611. The number of hydrogen-bond donors (Lipinski definition) is 0. The van der Waals surface area contributed by atoms with Crippen LogP contribution >= 0.6 is 0 Å². The molecule has 0 heterocycles. The summed E-state index contributed by atoms with van der Waals surface area (Å²) in [5, 5.41) is 0. The van der Waals surface area contributed by atoms with E-state index in [1.165, 1.54) is 70.6 Å². The van der Waals surface area contributed by atoms with E-state index in [1.807, 2.05) is 42.5 Å². The molecule has 0 aromatic carbocycles. The number of carbonyl (C=O) groups is 3.